The maximum absolute atomic E-state index is 14.2. The zero-order valence-electron chi connectivity index (χ0n) is 15.5. The molecule has 2 amide bonds. The number of aryl methyl sites for hydroxylation is 1. The van der Waals surface area contributed by atoms with Crippen molar-refractivity contribution >= 4 is 11.8 Å². The monoisotopic (exact) mass is 357 g/mol. The second kappa shape index (κ2) is 7.32. The molecule has 0 radical (unpaired) electrons. The summed E-state index contributed by atoms with van der Waals surface area (Å²) in [7, 11) is 0. The number of amides is 2. The third-order valence-electron chi connectivity index (χ3n) is 4.98. The minimum Gasteiger partial charge on any atom is -0.339 e. The van der Waals surface area contributed by atoms with Crippen LogP contribution in [0.25, 0.3) is 5.69 Å². The lowest BCUT2D eigenvalue weighted by molar-refractivity contribution is -0.132. The first-order chi connectivity index (χ1) is 12.4. The smallest absolute Gasteiger partial charge is 0.255 e. The van der Waals surface area contributed by atoms with Crippen LogP contribution in [0.2, 0.25) is 0 Å². The number of aromatic nitrogens is 1. The second-order valence-electron chi connectivity index (χ2n) is 6.60. The van der Waals surface area contributed by atoms with E-state index < -0.39 is 0 Å². The van der Waals surface area contributed by atoms with E-state index in [0.29, 0.717) is 43.9 Å². The fraction of sp³-hybridized carbons (Fsp3) is 0.400. The van der Waals surface area contributed by atoms with Crippen LogP contribution in [-0.2, 0) is 4.79 Å². The summed E-state index contributed by atoms with van der Waals surface area (Å²) in [5, 5.41) is 0. The van der Waals surface area contributed by atoms with E-state index >= 15 is 0 Å². The van der Waals surface area contributed by atoms with Crippen LogP contribution in [0.1, 0.15) is 35.1 Å². The van der Waals surface area contributed by atoms with Gasteiger partial charge in [-0.25, -0.2) is 4.39 Å². The molecule has 0 aliphatic carbocycles. The first-order valence-corrected chi connectivity index (χ1v) is 8.95. The summed E-state index contributed by atoms with van der Waals surface area (Å²) in [6.45, 7) is 7.71. The molecule has 3 rings (SSSR count). The van der Waals surface area contributed by atoms with Crippen LogP contribution < -0.4 is 0 Å². The highest BCUT2D eigenvalue weighted by Crippen LogP contribution is 2.24. The minimum atomic E-state index is -0.319. The highest BCUT2D eigenvalue weighted by molar-refractivity contribution is 5.96. The molecule has 2 aromatic rings. The van der Waals surface area contributed by atoms with Gasteiger partial charge in [0.25, 0.3) is 5.91 Å². The summed E-state index contributed by atoms with van der Waals surface area (Å²) in [4.78, 5) is 28.3. The highest BCUT2D eigenvalue weighted by atomic mass is 19.1. The zero-order chi connectivity index (χ0) is 18.8. The van der Waals surface area contributed by atoms with Gasteiger partial charge >= 0.3 is 0 Å². The molecular formula is C20H24FN3O2. The largest absolute Gasteiger partial charge is 0.339 e. The summed E-state index contributed by atoms with van der Waals surface area (Å²) in [5.41, 5.74) is 2.57. The molecule has 1 saturated heterocycles. The Balaban J connectivity index is 1.83. The van der Waals surface area contributed by atoms with E-state index in [0.717, 1.165) is 11.4 Å². The topological polar surface area (TPSA) is 45.6 Å². The molecule has 1 aliphatic heterocycles. The van der Waals surface area contributed by atoms with Crippen LogP contribution in [0.5, 0.6) is 0 Å². The van der Waals surface area contributed by atoms with Crippen LogP contribution in [-0.4, -0.2) is 52.4 Å². The van der Waals surface area contributed by atoms with Crippen molar-refractivity contribution in [3.63, 3.8) is 0 Å². The average molecular weight is 357 g/mol. The van der Waals surface area contributed by atoms with E-state index in [1.807, 2.05) is 26.8 Å². The number of carbonyl (C=O) groups is 2. The number of piperazine rings is 1. The molecule has 0 spiro atoms. The normalized spacial score (nSPS) is 14.6. The van der Waals surface area contributed by atoms with Gasteiger partial charge < -0.3 is 14.4 Å². The van der Waals surface area contributed by atoms with Crippen molar-refractivity contribution in [3.05, 3.63) is 53.1 Å². The van der Waals surface area contributed by atoms with Crippen molar-refractivity contribution in [2.45, 2.75) is 27.2 Å². The molecule has 26 heavy (non-hydrogen) atoms. The third kappa shape index (κ3) is 3.23. The van der Waals surface area contributed by atoms with Gasteiger partial charge in [0.2, 0.25) is 5.91 Å². The van der Waals surface area contributed by atoms with E-state index in [2.05, 4.69) is 0 Å². The molecule has 1 fully saturated rings. The van der Waals surface area contributed by atoms with Crippen molar-refractivity contribution in [2.24, 2.45) is 0 Å². The molecule has 138 valence electrons. The Morgan fingerprint density at radius 3 is 2.27 bits per heavy atom. The van der Waals surface area contributed by atoms with Gasteiger partial charge in [0.1, 0.15) is 5.82 Å². The van der Waals surface area contributed by atoms with Crippen molar-refractivity contribution in [1.82, 2.24) is 14.4 Å². The summed E-state index contributed by atoms with van der Waals surface area (Å²) in [6.07, 6.45) is 0.484. The Bertz CT molecular complexity index is 836. The third-order valence-corrected chi connectivity index (χ3v) is 4.98. The first-order valence-electron chi connectivity index (χ1n) is 8.95. The lowest BCUT2D eigenvalue weighted by Gasteiger charge is -2.34. The van der Waals surface area contributed by atoms with Crippen LogP contribution in [0.15, 0.2) is 30.3 Å². The summed E-state index contributed by atoms with van der Waals surface area (Å²) in [6, 6.07) is 8.37. The van der Waals surface area contributed by atoms with Gasteiger partial charge in [-0.15, -0.1) is 0 Å². The molecule has 1 aliphatic rings. The number of rotatable bonds is 3. The highest BCUT2D eigenvalue weighted by Gasteiger charge is 2.27. The van der Waals surface area contributed by atoms with Gasteiger partial charge in [-0.2, -0.15) is 0 Å². The van der Waals surface area contributed by atoms with E-state index in [1.54, 1.807) is 32.6 Å². The van der Waals surface area contributed by atoms with Crippen LogP contribution in [0.3, 0.4) is 0 Å². The Labute approximate surface area is 153 Å². The second-order valence-corrected chi connectivity index (χ2v) is 6.60. The summed E-state index contributed by atoms with van der Waals surface area (Å²) >= 11 is 0. The van der Waals surface area contributed by atoms with Crippen LogP contribution in [0, 0.1) is 19.7 Å². The molecule has 5 nitrogen and oxygen atoms in total. The van der Waals surface area contributed by atoms with Gasteiger partial charge in [0.05, 0.1) is 11.3 Å². The Morgan fingerprint density at radius 1 is 1.04 bits per heavy atom. The van der Waals surface area contributed by atoms with Gasteiger partial charge in [0.15, 0.2) is 0 Å². The summed E-state index contributed by atoms with van der Waals surface area (Å²) < 4.78 is 16.0. The van der Waals surface area contributed by atoms with Gasteiger partial charge in [-0.3, -0.25) is 9.59 Å². The number of halogens is 1. The zero-order valence-corrected chi connectivity index (χ0v) is 15.5. The number of nitrogens with zero attached hydrogens (tertiary/aromatic N) is 3. The molecule has 0 unspecified atom stereocenters. The van der Waals surface area contributed by atoms with E-state index in [4.69, 9.17) is 0 Å². The Hall–Kier alpha value is -2.63. The van der Waals surface area contributed by atoms with Crippen LogP contribution >= 0.6 is 0 Å². The fourth-order valence-corrected chi connectivity index (χ4v) is 3.54. The number of hydrogen-bond donors (Lipinski definition) is 0. The summed E-state index contributed by atoms with van der Waals surface area (Å²) in [5.74, 6) is -0.265. The van der Waals surface area contributed by atoms with E-state index in [1.165, 1.54) is 6.07 Å². The molecule has 1 aromatic heterocycles. The molecule has 2 heterocycles. The lowest BCUT2D eigenvalue weighted by Crippen LogP contribution is -2.50. The van der Waals surface area contributed by atoms with Gasteiger partial charge in [-0.1, -0.05) is 19.1 Å². The molecule has 0 N–H and O–H groups in total. The molecule has 0 atom stereocenters. The number of benzene rings is 1. The van der Waals surface area contributed by atoms with Crippen molar-refractivity contribution in [2.75, 3.05) is 26.2 Å². The van der Waals surface area contributed by atoms with E-state index in [-0.39, 0.29) is 17.6 Å². The molecule has 1 aromatic carbocycles. The lowest BCUT2D eigenvalue weighted by atomic mass is 10.2. The Morgan fingerprint density at radius 2 is 1.65 bits per heavy atom. The van der Waals surface area contributed by atoms with Crippen molar-refractivity contribution < 1.29 is 14.0 Å². The SMILES string of the molecule is CCC(=O)N1CCN(C(=O)c2cc(C)n(-c3ccccc3F)c2C)CC1. The predicted molar refractivity (Wildman–Crippen MR) is 98.0 cm³/mol. The molecule has 0 bridgehead atoms. The van der Waals surface area contributed by atoms with E-state index in [9.17, 15) is 14.0 Å². The molecule has 0 saturated carbocycles. The number of para-hydroxylation sites is 1. The standard InChI is InChI=1S/C20H24FN3O2/c1-4-19(25)22-9-11-23(12-10-22)20(26)16-13-14(2)24(15(16)3)18-8-6-5-7-17(18)21/h5-8,13H,4,9-12H2,1-3H3. The number of carbonyl (C=O) groups excluding carboxylic acids is 2. The van der Waals surface area contributed by atoms with Gasteiger partial charge in [-0.05, 0) is 32.0 Å². The quantitative estimate of drug-likeness (QED) is 0.848. The minimum absolute atomic E-state index is 0.0655. The average Bonchev–Trinajstić information content (AvgIpc) is 2.95. The molecular weight excluding hydrogens is 333 g/mol. The number of hydrogen-bond acceptors (Lipinski definition) is 2. The Kier molecular flexibility index (Phi) is 5.11. The maximum atomic E-state index is 14.2. The first kappa shape index (κ1) is 18.2. The van der Waals surface area contributed by atoms with Crippen molar-refractivity contribution in [3.8, 4) is 5.69 Å². The van der Waals surface area contributed by atoms with Gasteiger partial charge in [0, 0.05) is 44.0 Å². The fourth-order valence-electron chi connectivity index (χ4n) is 3.54. The maximum Gasteiger partial charge on any atom is 0.255 e. The molecule has 6 heteroatoms. The van der Waals surface area contributed by atoms with Crippen LogP contribution in [0.4, 0.5) is 4.39 Å². The van der Waals surface area contributed by atoms with Crippen molar-refractivity contribution in [1.29, 1.82) is 0 Å². The predicted octanol–water partition coefficient (Wildman–Crippen LogP) is 2.93.